The van der Waals surface area contributed by atoms with Crippen LogP contribution in [0.3, 0.4) is 0 Å². The van der Waals surface area contributed by atoms with E-state index >= 15 is 0 Å². The maximum absolute atomic E-state index is 11.3. The zero-order chi connectivity index (χ0) is 12.1. The largest absolute Gasteiger partial charge is 0.495 e. The fourth-order valence-corrected chi connectivity index (χ4v) is 1.53. The third kappa shape index (κ3) is 2.79. The first-order valence-electron chi connectivity index (χ1n) is 4.86. The molecule has 0 saturated carbocycles. The minimum Gasteiger partial charge on any atom is -0.495 e. The standard InChI is InChI=1S/C11H14ClNO3/c1-3-16-9(14)6-7-4-5-8(15-2)11(13)10(7)12/h4-5H,3,6,13H2,1-2H3. The van der Waals surface area contributed by atoms with E-state index in [9.17, 15) is 4.79 Å². The molecule has 2 N–H and O–H groups in total. The van der Waals surface area contributed by atoms with Crippen LogP contribution in [0.5, 0.6) is 5.75 Å². The molecule has 0 fully saturated rings. The molecule has 0 atom stereocenters. The molecule has 0 bridgehead atoms. The lowest BCUT2D eigenvalue weighted by Gasteiger charge is -2.10. The van der Waals surface area contributed by atoms with Crippen LogP contribution in [0.1, 0.15) is 12.5 Å². The number of hydrogen-bond donors (Lipinski definition) is 1. The Hall–Kier alpha value is -1.42. The van der Waals surface area contributed by atoms with Crippen molar-refractivity contribution >= 4 is 23.3 Å². The summed E-state index contributed by atoms with van der Waals surface area (Å²) in [5, 5.41) is 0.340. The minimum atomic E-state index is -0.325. The molecule has 0 spiro atoms. The average molecular weight is 244 g/mol. The molecule has 5 heteroatoms. The van der Waals surface area contributed by atoms with Crippen LogP contribution in [0.25, 0.3) is 0 Å². The van der Waals surface area contributed by atoms with Gasteiger partial charge in [0.2, 0.25) is 0 Å². The van der Waals surface area contributed by atoms with Crippen LogP contribution in [0.2, 0.25) is 5.02 Å². The number of anilines is 1. The molecule has 0 aromatic heterocycles. The van der Waals surface area contributed by atoms with Crippen LogP contribution in [-0.2, 0) is 16.0 Å². The Morgan fingerprint density at radius 2 is 2.19 bits per heavy atom. The Kier molecular flexibility index (Phi) is 4.43. The van der Waals surface area contributed by atoms with Gasteiger partial charge >= 0.3 is 5.97 Å². The lowest BCUT2D eigenvalue weighted by Crippen LogP contribution is -2.08. The number of methoxy groups -OCH3 is 1. The number of carbonyl (C=O) groups is 1. The Labute approximate surface area is 99.3 Å². The molecular weight excluding hydrogens is 230 g/mol. The highest BCUT2D eigenvalue weighted by Gasteiger charge is 2.12. The molecule has 0 aliphatic heterocycles. The number of nitrogens with two attached hydrogens (primary N) is 1. The van der Waals surface area contributed by atoms with Crippen molar-refractivity contribution in [3.05, 3.63) is 22.7 Å². The second kappa shape index (κ2) is 5.61. The summed E-state index contributed by atoms with van der Waals surface area (Å²) in [4.78, 5) is 11.3. The maximum Gasteiger partial charge on any atom is 0.310 e. The van der Waals surface area contributed by atoms with Crippen molar-refractivity contribution in [3.8, 4) is 5.75 Å². The summed E-state index contributed by atoms with van der Waals surface area (Å²) in [6, 6.07) is 3.38. The molecule has 0 unspecified atom stereocenters. The summed E-state index contributed by atoms with van der Waals surface area (Å²) in [6.45, 7) is 2.10. The second-order valence-corrected chi connectivity index (χ2v) is 3.51. The van der Waals surface area contributed by atoms with Gasteiger partial charge in [0.25, 0.3) is 0 Å². The van der Waals surface area contributed by atoms with Crippen LogP contribution < -0.4 is 10.5 Å². The molecule has 1 rings (SSSR count). The van der Waals surface area contributed by atoms with Crippen LogP contribution in [0, 0.1) is 0 Å². The first kappa shape index (κ1) is 12.6. The number of halogens is 1. The molecule has 1 aromatic carbocycles. The van der Waals surface area contributed by atoms with Gasteiger partial charge in [0.15, 0.2) is 0 Å². The Balaban J connectivity index is 2.90. The SMILES string of the molecule is CCOC(=O)Cc1ccc(OC)c(N)c1Cl. The van der Waals surface area contributed by atoms with Crippen molar-refractivity contribution < 1.29 is 14.3 Å². The first-order chi connectivity index (χ1) is 7.60. The fourth-order valence-electron chi connectivity index (χ4n) is 1.30. The van der Waals surface area contributed by atoms with Crippen molar-refractivity contribution in [2.24, 2.45) is 0 Å². The maximum atomic E-state index is 11.3. The van der Waals surface area contributed by atoms with Crippen molar-refractivity contribution in [1.82, 2.24) is 0 Å². The number of carbonyl (C=O) groups excluding carboxylic acids is 1. The number of nitrogen functional groups attached to an aromatic ring is 1. The summed E-state index contributed by atoms with van der Waals surface area (Å²) >= 11 is 6.01. The van der Waals surface area contributed by atoms with Crippen LogP contribution in [0.15, 0.2) is 12.1 Å². The normalized spacial score (nSPS) is 9.94. The van der Waals surface area contributed by atoms with E-state index in [4.69, 9.17) is 26.8 Å². The molecule has 16 heavy (non-hydrogen) atoms. The molecular formula is C11H14ClNO3. The highest BCUT2D eigenvalue weighted by atomic mass is 35.5. The van der Waals surface area contributed by atoms with E-state index in [0.29, 0.717) is 28.6 Å². The van der Waals surface area contributed by atoms with Gasteiger partial charge in [-0.1, -0.05) is 17.7 Å². The second-order valence-electron chi connectivity index (χ2n) is 3.14. The Morgan fingerprint density at radius 3 is 2.75 bits per heavy atom. The van der Waals surface area contributed by atoms with Crippen LogP contribution in [0.4, 0.5) is 5.69 Å². The van der Waals surface area contributed by atoms with Crippen molar-refractivity contribution in [1.29, 1.82) is 0 Å². The molecule has 0 aliphatic carbocycles. The van der Waals surface area contributed by atoms with Gasteiger partial charge in [-0.05, 0) is 18.6 Å². The van der Waals surface area contributed by atoms with Crippen LogP contribution >= 0.6 is 11.6 Å². The molecule has 0 aliphatic rings. The molecule has 4 nitrogen and oxygen atoms in total. The summed E-state index contributed by atoms with van der Waals surface area (Å²) < 4.78 is 9.84. The topological polar surface area (TPSA) is 61.5 Å². The third-order valence-corrected chi connectivity index (χ3v) is 2.53. The predicted molar refractivity (Wildman–Crippen MR) is 62.8 cm³/mol. The minimum absolute atomic E-state index is 0.112. The van der Waals surface area contributed by atoms with E-state index in [1.807, 2.05) is 0 Å². The summed E-state index contributed by atoms with van der Waals surface area (Å²) in [6.07, 6.45) is 0.112. The van der Waals surface area contributed by atoms with E-state index < -0.39 is 0 Å². The van der Waals surface area contributed by atoms with Crippen molar-refractivity contribution in [2.45, 2.75) is 13.3 Å². The number of benzene rings is 1. The Morgan fingerprint density at radius 1 is 1.50 bits per heavy atom. The lowest BCUT2D eigenvalue weighted by molar-refractivity contribution is -0.142. The number of hydrogen-bond acceptors (Lipinski definition) is 4. The number of ether oxygens (including phenoxy) is 2. The highest BCUT2D eigenvalue weighted by Crippen LogP contribution is 2.32. The predicted octanol–water partition coefficient (Wildman–Crippen LogP) is 2.04. The van der Waals surface area contributed by atoms with E-state index in [2.05, 4.69) is 0 Å². The molecule has 0 heterocycles. The molecule has 0 saturated heterocycles. The highest BCUT2D eigenvalue weighted by molar-refractivity contribution is 6.34. The van der Waals surface area contributed by atoms with E-state index in [0.717, 1.165) is 0 Å². The van der Waals surface area contributed by atoms with E-state index in [1.54, 1.807) is 19.1 Å². The van der Waals surface area contributed by atoms with Gasteiger partial charge in [-0.15, -0.1) is 0 Å². The van der Waals surface area contributed by atoms with Gasteiger partial charge in [-0.25, -0.2) is 0 Å². The van der Waals surface area contributed by atoms with Gasteiger partial charge < -0.3 is 15.2 Å². The van der Waals surface area contributed by atoms with Crippen LogP contribution in [-0.4, -0.2) is 19.7 Å². The summed E-state index contributed by atoms with van der Waals surface area (Å²) in [7, 11) is 1.51. The monoisotopic (exact) mass is 243 g/mol. The average Bonchev–Trinajstić information content (AvgIpc) is 2.25. The summed E-state index contributed by atoms with van der Waals surface area (Å²) in [5.74, 6) is 0.173. The number of esters is 1. The molecule has 0 radical (unpaired) electrons. The van der Waals surface area contributed by atoms with Gasteiger partial charge in [0, 0.05) is 0 Å². The fraction of sp³-hybridized carbons (Fsp3) is 0.364. The molecule has 0 amide bonds. The lowest BCUT2D eigenvalue weighted by atomic mass is 10.1. The van der Waals surface area contributed by atoms with Crippen molar-refractivity contribution in [3.63, 3.8) is 0 Å². The smallest absolute Gasteiger partial charge is 0.310 e. The Bertz CT molecular complexity index is 393. The number of rotatable bonds is 4. The van der Waals surface area contributed by atoms with E-state index in [1.165, 1.54) is 7.11 Å². The van der Waals surface area contributed by atoms with Gasteiger partial charge in [0.1, 0.15) is 5.75 Å². The van der Waals surface area contributed by atoms with Gasteiger partial charge in [0.05, 0.1) is 30.8 Å². The van der Waals surface area contributed by atoms with Crippen molar-refractivity contribution in [2.75, 3.05) is 19.5 Å². The van der Waals surface area contributed by atoms with Gasteiger partial charge in [-0.2, -0.15) is 0 Å². The summed E-state index contributed by atoms with van der Waals surface area (Å²) in [5.41, 5.74) is 6.71. The molecule has 1 aromatic rings. The zero-order valence-corrected chi connectivity index (χ0v) is 10.0. The quantitative estimate of drug-likeness (QED) is 0.649. The van der Waals surface area contributed by atoms with E-state index in [-0.39, 0.29) is 12.4 Å². The first-order valence-corrected chi connectivity index (χ1v) is 5.24. The third-order valence-electron chi connectivity index (χ3n) is 2.08. The molecule has 88 valence electrons. The zero-order valence-electron chi connectivity index (χ0n) is 9.25. The van der Waals surface area contributed by atoms with Gasteiger partial charge in [-0.3, -0.25) is 4.79 Å².